The van der Waals surface area contributed by atoms with Crippen molar-refractivity contribution < 1.29 is 9.32 Å². The first-order chi connectivity index (χ1) is 10.1. The highest BCUT2D eigenvalue weighted by atomic mass is 79.9. The number of aromatic nitrogens is 2. The normalized spacial score (nSPS) is 14.4. The molecule has 0 saturated carbocycles. The Balaban J connectivity index is 1.84. The number of rotatable bonds is 2. The van der Waals surface area contributed by atoms with Crippen LogP contribution in [0.4, 0.5) is 5.82 Å². The van der Waals surface area contributed by atoms with Crippen LogP contribution >= 0.6 is 15.9 Å². The molecule has 0 aromatic carbocycles. The molecule has 3 rings (SSSR count). The molecule has 0 unspecified atom stereocenters. The highest BCUT2D eigenvalue weighted by molar-refractivity contribution is 9.10. The summed E-state index contributed by atoms with van der Waals surface area (Å²) in [4.78, 5) is 16.6. The number of hydrogen-bond donors (Lipinski definition) is 1. The van der Waals surface area contributed by atoms with Gasteiger partial charge < -0.3 is 9.84 Å². The molecular formula is C15H16BrN3O2. The van der Waals surface area contributed by atoms with Crippen molar-refractivity contribution in [1.29, 1.82) is 0 Å². The average Bonchev–Trinajstić information content (AvgIpc) is 2.71. The van der Waals surface area contributed by atoms with Crippen molar-refractivity contribution in [3.8, 4) is 0 Å². The molecule has 0 spiro atoms. The van der Waals surface area contributed by atoms with Gasteiger partial charge in [-0.3, -0.25) is 4.79 Å². The van der Waals surface area contributed by atoms with Crippen LogP contribution in [0.5, 0.6) is 0 Å². The minimum Gasteiger partial charge on any atom is -0.360 e. The van der Waals surface area contributed by atoms with Crippen LogP contribution in [-0.2, 0) is 12.8 Å². The molecule has 2 heterocycles. The van der Waals surface area contributed by atoms with Gasteiger partial charge in [-0.05, 0) is 53.7 Å². The number of hydrogen-bond acceptors (Lipinski definition) is 4. The van der Waals surface area contributed by atoms with Gasteiger partial charge in [-0.2, -0.15) is 0 Å². The number of amides is 1. The Hall–Kier alpha value is -1.69. The fraction of sp³-hybridized carbons (Fsp3) is 0.400. The van der Waals surface area contributed by atoms with Gasteiger partial charge in [-0.25, -0.2) is 4.98 Å². The lowest BCUT2D eigenvalue weighted by Crippen LogP contribution is -2.16. The fourth-order valence-corrected chi connectivity index (χ4v) is 3.02. The summed E-state index contributed by atoms with van der Waals surface area (Å²) in [5.41, 5.74) is 2.25. The molecule has 21 heavy (non-hydrogen) atoms. The van der Waals surface area contributed by atoms with Crippen molar-refractivity contribution in [2.24, 2.45) is 0 Å². The topological polar surface area (TPSA) is 68.0 Å². The van der Waals surface area contributed by atoms with Crippen molar-refractivity contribution in [2.75, 3.05) is 5.32 Å². The lowest BCUT2D eigenvalue weighted by molar-refractivity contribution is 0.101. The first-order valence-electron chi connectivity index (χ1n) is 7.06. The fourth-order valence-electron chi connectivity index (χ4n) is 2.58. The van der Waals surface area contributed by atoms with E-state index in [1.54, 1.807) is 6.20 Å². The largest absolute Gasteiger partial charge is 0.360 e. The molecule has 1 aliphatic carbocycles. The van der Waals surface area contributed by atoms with E-state index in [9.17, 15) is 4.79 Å². The summed E-state index contributed by atoms with van der Waals surface area (Å²) in [6.07, 6.45) is 6.71. The zero-order chi connectivity index (χ0) is 14.8. The number of anilines is 1. The van der Waals surface area contributed by atoms with Crippen LogP contribution in [0.15, 0.2) is 21.3 Å². The molecule has 2 aromatic rings. The molecule has 0 saturated heterocycles. The third-order valence-corrected chi connectivity index (χ3v) is 4.13. The van der Waals surface area contributed by atoms with Crippen LogP contribution in [0.3, 0.4) is 0 Å². The predicted octanol–water partition coefficient (Wildman–Crippen LogP) is 3.66. The Morgan fingerprint density at radius 3 is 2.95 bits per heavy atom. The summed E-state index contributed by atoms with van der Waals surface area (Å²) in [6, 6.07) is 1.91. The summed E-state index contributed by atoms with van der Waals surface area (Å²) >= 11 is 3.36. The number of aryl methyl sites for hydroxylation is 2. The first-order valence-corrected chi connectivity index (χ1v) is 7.85. The van der Waals surface area contributed by atoms with Crippen molar-refractivity contribution in [2.45, 2.75) is 39.0 Å². The van der Waals surface area contributed by atoms with Gasteiger partial charge in [0.15, 0.2) is 5.69 Å². The molecule has 0 atom stereocenters. The molecule has 1 N–H and O–H groups in total. The molecule has 2 aromatic heterocycles. The molecule has 0 aliphatic heterocycles. The molecule has 5 nitrogen and oxygen atoms in total. The lowest BCUT2D eigenvalue weighted by Gasteiger charge is -2.07. The monoisotopic (exact) mass is 349 g/mol. The van der Waals surface area contributed by atoms with Crippen LogP contribution in [0, 0.1) is 6.92 Å². The summed E-state index contributed by atoms with van der Waals surface area (Å²) < 4.78 is 6.22. The summed E-state index contributed by atoms with van der Waals surface area (Å²) in [5, 5.41) is 6.78. The zero-order valence-electron chi connectivity index (χ0n) is 11.8. The standard InChI is InChI=1S/C15H16BrN3O2/c1-9-7-10(16)8-17-14(9)18-15(20)13-11-5-3-2-4-6-12(11)21-19-13/h7-8H,2-6H2,1H3,(H,17,18,20). The Kier molecular flexibility index (Phi) is 4.05. The Labute approximate surface area is 131 Å². The van der Waals surface area contributed by atoms with Crippen molar-refractivity contribution in [3.05, 3.63) is 39.3 Å². The molecule has 6 heteroatoms. The Morgan fingerprint density at radius 2 is 2.14 bits per heavy atom. The minimum absolute atomic E-state index is 0.250. The number of nitrogens with one attached hydrogen (secondary N) is 1. The Morgan fingerprint density at radius 1 is 1.33 bits per heavy atom. The SMILES string of the molecule is Cc1cc(Br)cnc1NC(=O)c1noc2c1CCCCC2. The maximum absolute atomic E-state index is 12.4. The number of carbonyl (C=O) groups is 1. The second-order valence-electron chi connectivity index (χ2n) is 5.27. The molecule has 0 fully saturated rings. The van der Waals surface area contributed by atoms with E-state index in [-0.39, 0.29) is 5.91 Å². The highest BCUT2D eigenvalue weighted by Gasteiger charge is 2.23. The lowest BCUT2D eigenvalue weighted by atomic mass is 10.1. The summed E-state index contributed by atoms with van der Waals surface area (Å²) in [6.45, 7) is 1.90. The van der Waals surface area contributed by atoms with Crippen LogP contribution < -0.4 is 5.32 Å². The van der Waals surface area contributed by atoms with Gasteiger partial charge in [0.1, 0.15) is 11.6 Å². The van der Waals surface area contributed by atoms with Crippen molar-refractivity contribution in [3.63, 3.8) is 0 Å². The zero-order valence-corrected chi connectivity index (χ0v) is 13.4. The molecule has 1 aliphatic rings. The van der Waals surface area contributed by atoms with E-state index in [4.69, 9.17) is 4.52 Å². The van der Waals surface area contributed by atoms with Gasteiger partial charge in [0.05, 0.1) is 0 Å². The molecule has 0 radical (unpaired) electrons. The number of pyridine rings is 1. The molecular weight excluding hydrogens is 334 g/mol. The van der Waals surface area contributed by atoms with Crippen LogP contribution in [-0.4, -0.2) is 16.0 Å². The van der Waals surface area contributed by atoms with E-state index < -0.39 is 0 Å². The quantitative estimate of drug-likeness (QED) is 0.840. The Bertz CT molecular complexity index is 682. The molecule has 110 valence electrons. The molecule has 1 amide bonds. The number of nitrogens with zero attached hydrogens (tertiary/aromatic N) is 2. The van der Waals surface area contributed by atoms with E-state index in [2.05, 4.69) is 31.4 Å². The van der Waals surface area contributed by atoms with Gasteiger partial charge in [0, 0.05) is 22.7 Å². The minimum atomic E-state index is -0.250. The summed E-state index contributed by atoms with van der Waals surface area (Å²) in [7, 11) is 0. The average molecular weight is 350 g/mol. The van der Waals surface area contributed by atoms with Crippen LogP contribution in [0.2, 0.25) is 0 Å². The maximum atomic E-state index is 12.4. The maximum Gasteiger partial charge on any atom is 0.279 e. The van der Waals surface area contributed by atoms with Crippen LogP contribution in [0.25, 0.3) is 0 Å². The number of carbonyl (C=O) groups excluding carboxylic acids is 1. The van der Waals surface area contributed by atoms with E-state index >= 15 is 0 Å². The molecule has 0 bridgehead atoms. The number of halogens is 1. The third kappa shape index (κ3) is 3.00. The van der Waals surface area contributed by atoms with Gasteiger partial charge in [0.25, 0.3) is 5.91 Å². The van der Waals surface area contributed by atoms with Gasteiger partial charge in [0.2, 0.25) is 0 Å². The van der Waals surface area contributed by atoms with E-state index in [1.807, 2.05) is 13.0 Å². The van der Waals surface area contributed by atoms with E-state index in [0.29, 0.717) is 11.5 Å². The first kappa shape index (κ1) is 14.3. The van der Waals surface area contributed by atoms with Crippen molar-refractivity contribution in [1.82, 2.24) is 10.1 Å². The summed E-state index contributed by atoms with van der Waals surface area (Å²) in [5.74, 6) is 1.16. The third-order valence-electron chi connectivity index (χ3n) is 3.69. The highest BCUT2D eigenvalue weighted by Crippen LogP contribution is 2.24. The predicted molar refractivity (Wildman–Crippen MR) is 82.4 cm³/mol. The number of fused-ring (bicyclic) bond motifs is 1. The van der Waals surface area contributed by atoms with E-state index in [1.165, 1.54) is 6.42 Å². The van der Waals surface area contributed by atoms with Crippen LogP contribution in [0.1, 0.15) is 46.6 Å². The van der Waals surface area contributed by atoms with E-state index in [0.717, 1.165) is 47.0 Å². The smallest absolute Gasteiger partial charge is 0.279 e. The second-order valence-corrected chi connectivity index (χ2v) is 6.18. The van der Waals surface area contributed by atoms with Gasteiger partial charge >= 0.3 is 0 Å². The second kappa shape index (κ2) is 5.97. The van der Waals surface area contributed by atoms with Gasteiger partial charge in [-0.15, -0.1) is 0 Å². The van der Waals surface area contributed by atoms with Crippen molar-refractivity contribution >= 4 is 27.7 Å². The van der Waals surface area contributed by atoms with Gasteiger partial charge in [-0.1, -0.05) is 11.6 Å².